The van der Waals surface area contributed by atoms with Crippen molar-refractivity contribution in [2.75, 3.05) is 39.8 Å². The molecule has 0 bridgehead atoms. The van der Waals surface area contributed by atoms with Crippen molar-refractivity contribution in [1.82, 2.24) is 15.5 Å². The fourth-order valence-electron chi connectivity index (χ4n) is 3.28. The molecule has 27 heavy (non-hydrogen) atoms. The fourth-order valence-corrected chi connectivity index (χ4v) is 4.17. The molecule has 2 heterocycles. The van der Waals surface area contributed by atoms with Gasteiger partial charge in [0.1, 0.15) is 0 Å². The quantitative estimate of drug-likeness (QED) is 0.311. The van der Waals surface area contributed by atoms with Crippen LogP contribution in [0.5, 0.6) is 0 Å². The average Bonchev–Trinajstić information content (AvgIpc) is 3.15. The Hall–Kier alpha value is -1.16. The van der Waals surface area contributed by atoms with Crippen LogP contribution in [0.2, 0.25) is 0 Å². The van der Waals surface area contributed by atoms with Gasteiger partial charge in [0, 0.05) is 50.6 Å². The van der Waals surface area contributed by atoms with Crippen LogP contribution in [-0.4, -0.2) is 55.8 Å². The standard InChI is InChI=1S/C20H28N4OS.HI/c1-21-20(23-13-18(15-25)16-5-3-2-4-6-16)22-9-11-24-10-7-19-17(14-24)8-12-26-19;/h2-6,8,12,18,25H,7,9-11,13-15H2,1H3,(H2,21,22,23);1H. The lowest BCUT2D eigenvalue weighted by Gasteiger charge is -2.27. The molecule has 1 unspecified atom stereocenters. The maximum absolute atomic E-state index is 9.67. The molecule has 0 saturated carbocycles. The van der Waals surface area contributed by atoms with E-state index in [9.17, 15) is 5.11 Å². The number of halogens is 1. The highest BCUT2D eigenvalue weighted by Crippen LogP contribution is 2.23. The molecule has 1 aliphatic rings. The Balaban J connectivity index is 0.00000261. The first-order valence-corrected chi connectivity index (χ1v) is 10.1. The molecule has 1 aromatic heterocycles. The SMILES string of the molecule is CN=C(NCCN1CCc2sccc2C1)NCC(CO)c1ccccc1.I. The summed E-state index contributed by atoms with van der Waals surface area (Å²) in [4.78, 5) is 8.32. The fraction of sp³-hybridized carbons (Fsp3) is 0.450. The Morgan fingerprint density at radius 1 is 1.26 bits per heavy atom. The molecule has 2 aromatic rings. The summed E-state index contributed by atoms with van der Waals surface area (Å²) < 4.78 is 0. The Morgan fingerprint density at radius 3 is 2.81 bits per heavy atom. The third kappa shape index (κ3) is 6.44. The normalized spacial score (nSPS) is 15.6. The number of hydrogen-bond donors (Lipinski definition) is 3. The van der Waals surface area contributed by atoms with Crippen LogP contribution in [0.4, 0.5) is 0 Å². The topological polar surface area (TPSA) is 59.9 Å². The molecule has 5 nitrogen and oxygen atoms in total. The van der Waals surface area contributed by atoms with Crippen molar-refractivity contribution < 1.29 is 5.11 Å². The van der Waals surface area contributed by atoms with Gasteiger partial charge in [-0.1, -0.05) is 30.3 Å². The summed E-state index contributed by atoms with van der Waals surface area (Å²) in [6.07, 6.45) is 1.16. The zero-order chi connectivity index (χ0) is 18.2. The van der Waals surface area contributed by atoms with E-state index in [2.05, 4.69) is 32.0 Å². The van der Waals surface area contributed by atoms with E-state index in [0.29, 0.717) is 6.54 Å². The van der Waals surface area contributed by atoms with E-state index in [1.165, 1.54) is 5.56 Å². The summed E-state index contributed by atoms with van der Waals surface area (Å²) in [5.41, 5.74) is 2.62. The van der Waals surface area contributed by atoms with Gasteiger partial charge in [0.2, 0.25) is 0 Å². The second-order valence-corrected chi connectivity index (χ2v) is 7.57. The van der Waals surface area contributed by atoms with Gasteiger partial charge in [-0.15, -0.1) is 35.3 Å². The Kier molecular flexibility index (Phi) is 9.53. The van der Waals surface area contributed by atoms with Gasteiger partial charge in [-0.3, -0.25) is 9.89 Å². The number of aliphatic imine (C=N–C) groups is 1. The molecule has 1 aliphatic heterocycles. The number of guanidine groups is 1. The predicted octanol–water partition coefficient (Wildman–Crippen LogP) is 2.67. The Labute approximate surface area is 182 Å². The lowest BCUT2D eigenvalue weighted by Crippen LogP contribution is -2.43. The van der Waals surface area contributed by atoms with Crippen molar-refractivity contribution in [3.63, 3.8) is 0 Å². The number of aliphatic hydroxyl groups excluding tert-OH is 1. The molecule has 3 rings (SSSR count). The van der Waals surface area contributed by atoms with Crippen molar-refractivity contribution in [1.29, 1.82) is 0 Å². The van der Waals surface area contributed by atoms with E-state index in [0.717, 1.165) is 44.1 Å². The van der Waals surface area contributed by atoms with Crippen LogP contribution in [0, 0.1) is 0 Å². The maximum atomic E-state index is 9.67. The number of nitrogens with zero attached hydrogens (tertiary/aromatic N) is 2. The van der Waals surface area contributed by atoms with Crippen molar-refractivity contribution in [3.8, 4) is 0 Å². The summed E-state index contributed by atoms with van der Waals surface area (Å²) in [6, 6.07) is 12.3. The zero-order valence-corrected chi connectivity index (χ0v) is 18.9. The number of fused-ring (bicyclic) bond motifs is 1. The van der Waals surface area contributed by atoms with Gasteiger partial charge in [0.05, 0.1) is 6.61 Å². The summed E-state index contributed by atoms with van der Waals surface area (Å²) in [7, 11) is 1.78. The monoisotopic (exact) mass is 500 g/mol. The van der Waals surface area contributed by atoms with Gasteiger partial charge in [0.15, 0.2) is 5.96 Å². The van der Waals surface area contributed by atoms with Crippen molar-refractivity contribution in [2.45, 2.75) is 18.9 Å². The van der Waals surface area contributed by atoms with E-state index in [1.54, 1.807) is 11.9 Å². The number of thiophene rings is 1. The first-order valence-electron chi connectivity index (χ1n) is 9.18. The van der Waals surface area contributed by atoms with Crippen LogP contribution >= 0.6 is 35.3 Å². The number of benzene rings is 1. The third-order valence-corrected chi connectivity index (χ3v) is 5.86. The summed E-state index contributed by atoms with van der Waals surface area (Å²) in [6.45, 7) is 4.80. The Morgan fingerprint density at radius 2 is 2.07 bits per heavy atom. The van der Waals surface area contributed by atoms with Gasteiger partial charge in [-0.05, 0) is 29.0 Å². The smallest absolute Gasteiger partial charge is 0.191 e. The molecule has 1 atom stereocenters. The molecule has 0 spiro atoms. The minimum atomic E-state index is 0. The number of nitrogens with one attached hydrogen (secondary N) is 2. The molecule has 0 aliphatic carbocycles. The highest BCUT2D eigenvalue weighted by Gasteiger charge is 2.16. The zero-order valence-electron chi connectivity index (χ0n) is 15.7. The van der Waals surface area contributed by atoms with Gasteiger partial charge in [0.25, 0.3) is 0 Å². The summed E-state index contributed by atoms with van der Waals surface area (Å²) >= 11 is 1.88. The molecule has 1 aromatic carbocycles. The maximum Gasteiger partial charge on any atom is 0.191 e. The number of rotatable bonds is 7. The molecule has 0 saturated heterocycles. The molecular weight excluding hydrogens is 471 g/mol. The first kappa shape index (κ1) is 22.1. The minimum Gasteiger partial charge on any atom is -0.396 e. The molecule has 0 radical (unpaired) electrons. The van der Waals surface area contributed by atoms with E-state index < -0.39 is 0 Å². The van der Waals surface area contributed by atoms with Crippen LogP contribution in [0.3, 0.4) is 0 Å². The summed E-state index contributed by atoms with van der Waals surface area (Å²) in [5.74, 6) is 0.849. The first-order chi connectivity index (χ1) is 12.8. The molecule has 0 fully saturated rings. The third-order valence-electron chi connectivity index (χ3n) is 4.84. The van der Waals surface area contributed by atoms with Crippen LogP contribution in [0.1, 0.15) is 21.9 Å². The van der Waals surface area contributed by atoms with Crippen molar-refractivity contribution in [2.24, 2.45) is 4.99 Å². The van der Waals surface area contributed by atoms with E-state index in [1.807, 2.05) is 41.7 Å². The van der Waals surface area contributed by atoms with E-state index >= 15 is 0 Å². The molecular formula is C20H29IN4OS. The Bertz CT molecular complexity index is 707. The molecule has 3 N–H and O–H groups in total. The molecule has 7 heteroatoms. The van der Waals surface area contributed by atoms with E-state index in [4.69, 9.17) is 0 Å². The van der Waals surface area contributed by atoms with Gasteiger partial charge in [-0.2, -0.15) is 0 Å². The second-order valence-electron chi connectivity index (χ2n) is 6.57. The van der Waals surface area contributed by atoms with Crippen LogP contribution in [0.25, 0.3) is 0 Å². The van der Waals surface area contributed by atoms with E-state index in [-0.39, 0.29) is 36.5 Å². The largest absolute Gasteiger partial charge is 0.396 e. The van der Waals surface area contributed by atoms with Gasteiger partial charge >= 0.3 is 0 Å². The van der Waals surface area contributed by atoms with Crippen LogP contribution < -0.4 is 10.6 Å². The lowest BCUT2D eigenvalue weighted by molar-refractivity contribution is 0.259. The van der Waals surface area contributed by atoms with Crippen LogP contribution in [0.15, 0.2) is 46.8 Å². The lowest BCUT2D eigenvalue weighted by atomic mass is 10.0. The summed E-state index contributed by atoms with van der Waals surface area (Å²) in [5, 5.41) is 18.6. The van der Waals surface area contributed by atoms with Crippen molar-refractivity contribution >= 4 is 41.3 Å². The van der Waals surface area contributed by atoms with Crippen molar-refractivity contribution in [3.05, 3.63) is 57.8 Å². The highest BCUT2D eigenvalue weighted by molar-refractivity contribution is 14.0. The van der Waals surface area contributed by atoms with Crippen LogP contribution in [-0.2, 0) is 13.0 Å². The van der Waals surface area contributed by atoms with Gasteiger partial charge < -0.3 is 15.7 Å². The molecule has 0 amide bonds. The highest BCUT2D eigenvalue weighted by atomic mass is 127. The predicted molar refractivity (Wildman–Crippen MR) is 124 cm³/mol. The second kappa shape index (κ2) is 11.6. The average molecular weight is 500 g/mol. The number of hydrogen-bond acceptors (Lipinski definition) is 4. The minimum absolute atomic E-state index is 0. The number of aliphatic hydroxyl groups is 1. The molecule has 148 valence electrons. The van der Waals surface area contributed by atoms with Gasteiger partial charge in [-0.25, -0.2) is 0 Å².